The van der Waals surface area contributed by atoms with E-state index in [0.29, 0.717) is 0 Å². The van der Waals surface area contributed by atoms with Crippen LogP contribution in [0.1, 0.15) is 30.5 Å². The van der Waals surface area contributed by atoms with Crippen molar-refractivity contribution in [1.29, 1.82) is 0 Å². The van der Waals surface area contributed by atoms with Crippen molar-refractivity contribution in [1.82, 2.24) is 0 Å². The molecule has 0 aliphatic carbocycles. The quantitative estimate of drug-likeness (QED) is 0.571. The summed E-state index contributed by atoms with van der Waals surface area (Å²) in [4.78, 5) is 0. The molecule has 0 saturated carbocycles. The molecule has 1 rings (SSSR count). The molecule has 0 heterocycles. The molecule has 68 valence electrons. The van der Waals surface area contributed by atoms with Crippen molar-refractivity contribution in [3.8, 4) is 12.3 Å². The van der Waals surface area contributed by atoms with E-state index < -0.39 is 0 Å². The second kappa shape index (κ2) is 3.26. The van der Waals surface area contributed by atoms with Crippen LogP contribution in [0.4, 0.5) is 0 Å². The van der Waals surface area contributed by atoms with Gasteiger partial charge in [0, 0.05) is 0 Å². The topological polar surface area (TPSA) is 0 Å². The lowest BCUT2D eigenvalue weighted by Gasteiger charge is -2.20. The molecule has 1 aromatic carbocycles. The van der Waals surface area contributed by atoms with Crippen molar-refractivity contribution < 1.29 is 0 Å². The predicted octanol–water partition coefficient (Wildman–Crippen LogP) is 3.21. The average Bonchev–Trinajstić information content (AvgIpc) is 2.03. The van der Waals surface area contributed by atoms with Crippen LogP contribution in [0.15, 0.2) is 18.2 Å². The van der Waals surface area contributed by atoms with Gasteiger partial charge in [0.05, 0.1) is 5.41 Å². The van der Waals surface area contributed by atoms with Crippen LogP contribution in [0, 0.1) is 26.2 Å². The smallest absolute Gasteiger partial charge is 0.0506 e. The Balaban J connectivity index is 3.26. The minimum Gasteiger partial charge on any atom is -0.119 e. The molecule has 0 aromatic heterocycles. The fourth-order valence-corrected chi connectivity index (χ4v) is 1.59. The minimum atomic E-state index is -0.155. The lowest BCUT2D eigenvalue weighted by atomic mass is 9.82. The fraction of sp³-hybridized carbons (Fsp3) is 0.385. The summed E-state index contributed by atoms with van der Waals surface area (Å²) < 4.78 is 0. The number of aryl methyl sites for hydroxylation is 2. The third-order valence-corrected chi connectivity index (χ3v) is 2.42. The molecule has 0 spiro atoms. The Morgan fingerprint density at radius 2 is 1.85 bits per heavy atom. The predicted molar refractivity (Wildman–Crippen MR) is 57.8 cm³/mol. The van der Waals surface area contributed by atoms with Gasteiger partial charge in [-0.1, -0.05) is 29.7 Å². The maximum atomic E-state index is 5.50. The van der Waals surface area contributed by atoms with Crippen LogP contribution in [-0.4, -0.2) is 0 Å². The molecule has 0 aliphatic rings. The maximum absolute atomic E-state index is 5.50. The van der Waals surface area contributed by atoms with Gasteiger partial charge in [-0.25, -0.2) is 0 Å². The third-order valence-electron chi connectivity index (χ3n) is 2.42. The zero-order chi connectivity index (χ0) is 10.1. The molecule has 0 amide bonds. The van der Waals surface area contributed by atoms with Crippen molar-refractivity contribution in [3.05, 3.63) is 34.9 Å². The van der Waals surface area contributed by atoms with E-state index in [4.69, 9.17) is 6.42 Å². The van der Waals surface area contributed by atoms with Crippen molar-refractivity contribution in [2.24, 2.45) is 0 Å². The zero-order valence-corrected chi connectivity index (χ0v) is 8.81. The van der Waals surface area contributed by atoms with E-state index in [1.54, 1.807) is 0 Å². The van der Waals surface area contributed by atoms with Crippen molar-refractivity contribution in [2.45, 2.75) is 33.1 Å². The summed E-state index contributed by atoms with van der Waals surface area (Å²) in [6, 6.07) is 6.42. The molecule has 0 unspecified atom stereocenters. The third kappa shape index (κ3) is 1.92. The maximum Gasteiger partial charge on any atom is 0.0506 e. The van der Waals surface area contributed by atoms with Crippen LogP contribution in [0.3, 0.4) is 0 Å². The minimum absolute atomic E-state index is 0.155. The SMILES string of the molecule is C#CC(C)(C)c1ccc(C)cc1C. The molecule has 0 saturated heterocycles. The van der Waals surface area contributed by atoms with Crippen LogP contribution >= 0.6 is 0 Å². The van der Waals surface area contributed by atoms with Gasteiger partial charge in [-0.3, -0.25) is 0 Å². The molecule has 0 heteroatoms. The van der Waals surface area contributed by atoms with Gasteiger partial charge in [0.1, 0.15) is 0 Å². The Hall–Kier alpha value is -1.22. The van der Waals surface area contributed by atoms with E-state index in [1.807, 2.05) is 0 Å². The van der Waals surface area contributed by atoms with Crippen LogP contribution in [-0.2, 0) is 5.41 Å². The number of benzene rings is 1. The van der Waals surface area contributed by atoms with E-state index in [-0.39, 0.29) is 5.41 Å². The summed E-state index contributed by atoms with van der Waals surface area (Å²) in [6.07, 6.45) is 5.50. The highest BCUT2D eigenvalue weighted by Gasteiger charge is 2.18. The van der Waals surface area contributed by atoms with Crippen LogP contribution < -0.4 is 0 Å². The Morgan fingerprint density at radius 1 is 1.23 bits per heavy atom. The van der Waals surface area contributed by atoms with E-state index in [2.05, 4.69) is 51.8 Å². The van der Waals surface area contributed by atoms with E-state index in [1.165, 1.54) is 16.7 Å². The molecule has 0 atom stereocenters. The van der Waals surface area contributed by atoms with Gasteiger partial charge in [-0.15, -0.1) is 6.42 Å². The van der Waals surface area contributed by atoms with Crippen molar-refractivity contribution in [2.75, 3.05) is 0 Å². The Labute approximate surface area is 81.0 Å². The van der Waals surface area contributed by atoms with Gasteiger partial charge in [0.25, 0.3) is 0 Å². The Morgan fingerprint density at radius 3 is 2.31 bits per heavy atom. The number of hydrogen-bond acceptors (Lipinski definition) is 0. The standard InChI is InChI=1S/C13H16/c1-6-13(4,5)12-8-7-10(2)9-11(12)3/h1,7-9H,2-5H3. The van der Waals surface area contributed by atoms with Crippen molar-refractivity contribution in [3.63, 3.8) is 0 Å². The van der Waals surface area contributed by atoms with Gasteiger partial charge in [0.2, 0.25) is 0 Å². The van der Waals surface area contributed by atoms with E-state index in [0.717, 1.165) is 0 Å². The first-order valence-corrected chi connectivity index (χ1v) is 4.53. The van der Waals surface area contributed by atoms with Crippen LogP contribution in [0.2, 0.25) is 0 Å². The van der Waals surface area contributed by atoms with Gasteiger partial charge < -0.3 is 0 Å². The Kier molecular flexibility index (Phi) is 2.48. The average molecular weight is 172 g/mol. The molecule has 0 bridgehead atoms. The summed E-state index contributed by atoms with van der Waals surface area (Å²) >= 11 is 0. The highest BCUT2D eigenvalue weighted by atomic mass is 14.2. The molecule has 0 aliphatic heterocycles. The lowest BCUT2D eigenvalue weighted by molar-refractivity contribution is 0.693. The van der Waals surface area contributed by atoms with Crippen LogP contribution in [0.5, 0.6) is 0 Å². The normalized spacial score (nSPS) is 11.0. The zero-order valence-electron chi connectivity index (χ0n) is 8.81. The first-order chi connectivity index (χ1) is 5.97. The molecule has 1 aromatic rings. The highest BCUT2D eigenvalue weighted by Crippen LogP contribution is 2.25. The molecular weight excluding hydrogens is 156 g/mol. The first-order valence-electron chi connectivity index (χ1n) is 4.53. The molecular formula is C13H16. The second-order valence-electron chi connectivity index (χ2n) is 4.09. The number of rotatable bonds is 1. The monoisotopic (exact) mass is 172 g/mol. The van der Waals surface area contributed by atoms with Gasteiger partial charge in [0.15, 0.2) is 0 Å². The fourth-order valence-electron chi connectivity index (χ4n) is 1.59. The Bertz CT molecular complexity index is 351. The molecule has 0 N–H and O–H groups in total. The number of terminal acetylenes is 1. The summed E-state index contributed by atoms with van der Waals surface area (Å²) in [6.45, 7) is 8.36. The highest BCUT2D eigenvalue weighted by molar-refractivity contribution is 5.40. The molecule has 0 radical (unpaired) electrons. The number of hydrogen-bond donors (Lipinski definition) is 0. The van der Waals surface area contributed by atoms with E-state index >= 15 is 0 Å². The molecule has 0 nitrogen and oxygen atoms in total. The largest absolute Gasteiger partial charge is 0.119 e. The van der Waals surface area contributed by atoms with Crippen molar-refractivity contribution >= 4 is 0 Å². The van der Waals surface area contributed by atoms with E-state index in [9.17, 15) is 0 Å². The second-order valence-corrected chi connectivity index (χ2v) is 4.09. The molecule has 13 heavy (non-hydrogen) atoms. The summed E-state index contributed by atoms with van der Waals surface area (Å²) in [5, 5.41) is 0. The van der Waals surface area contributed by atoms with Crippen LogP contribution in [0.25, 0.3) is 0 Å². The molecule has 0 fully saturated rings. The van der Waals surface area contributed by atoms with Gasteiger partial charge >= 0.3 is 0 Å². The first kappa shape index (κ1) is 9.86. The lowest BCUT2D eigenvalue weighted by Crippen LogP contribution is -2.15. The summed E-state index contributed by atoms with van der Waals surface area (Å²) in [7, 11) is 0. The summed E-state index contributed by atoms with van der Waals surface area (Å²) in [5.41, 5.74) is 3.66. The summed E-state index contributed by atoms with van der Waals surface area (Å²) in [5.74, 6) is 2.82. The van der Waals surface area contributed by atoms with Gasteiger partial charge in [-0.2, -0.15) is 0 Å². The van der Waals surface area contributed by atoms with Gasteiger partial charge in [-0.05, 0) is 38.8 Å².